The zero-order valence-corrected chi connectivity index (χ0v) is 18.2. The number of ketones is 2. The highest BCUT2D eigenvalue weighted by molar-refractivity contribution is 6.16. The van der Waals surface area contributed by atoms with E-state index in [1.54, 1.807) is 24.3 Å². The van der Waals surface area contributed by atoms with Gasteiger partial charge in [-0.05, 0) is 45.7 Å². The molecule has 0 aromatic heterocycles. The zero-order valence-electron chi connectivity index (χ0n) is 18.2. The Kier molecular flexibility index (Phi) is 6.31. The first-order chi connectivity index (χ1) is 14.2. The van der Waals surface area contributed by atoms with Crippen molar-refractivity contribution in [2.45, 2.75) is 34.6 Å². The Morgan fingerprint density at radius 2 is 1.13 bits per heavy atom. The van der Waals surface area contributed by atoms with Crippen molar-refractivity contribution in [1.82, 2.24) is 0 Å². The molecule has 0 aliphatic carbocycles. The number of hydrogen-bond acceptors (Lipinski definition) is 3. The molecule has 0 fully saturated rings. The summed E-state index contributed by atoms with van der Waals surface area (Å²) in [6, 6.07) is 18.8. The third kappa shape index (κ3) is 4.93. The van der Waals surface area contributed by atoms with Gasteiger partial charge in [0.05, 0.1) is 5.70 Å². The lowest BCUT2D eigenvalue weighted by atomic mass is 10.0. The van der Waals surface area contributed by atoms with Crippen LogP contribution in [0, 0.1) is 34.6 Å². The predicted molar refractivity (Wildman–Crippen MR) is 123 cm³/mol. The van der Waals surface area contributed by atoms with Crippen LogP contribution in [0.25, 0.3) is 0 Å². The number of Topliss-reactive ketones (excluding diaryl/α,β-unsaturated/α-hetero) is 1. The first kappa shape index (κ1) is 21.3. The molecular formula is C27H27NO2. The van der Waals surface area contributed by atoms with Crippen molar-refractivity contribution in [3.63, 3.8) is 0 Å². The summed E-state index contributed by atoms with van der Waals surface area (Å²) in [5.74, 6) is -0.421. The summed E-state index contributed by atoms with van der Waals surface area (Å²) in [4.78, 5) is 26.2. The van der Waals surface area contributed by atoms with E-state index in [1.807, 2.05) is 58.9 Å². The highest BCUT2D eigenvalue weighted by atomic mass is 16.1. The third-order valence-corrected chi connectivity index (χ3v) is 5.11. The van der Waals surface area contributed by atoms with E-state index in [2.05, 4.69) is 17.4 Å². The lowest BCUT2D eigenvalue weighted by Gasteiger charge is -2.16. The minimum absolute atomic E-state index is 0.208. The highest BCUT2D eigenvalue weighted by Crippen LogP contribution is 2.25. The number of benzene rings is 3. The lowest BCUT2D eigenvalue weighted by Crippen LogP contribution is -2.15. The third-order valence-electron chi connectivity index (χ3n) is 5.11. The van der Waals surface area contributed by atoms with Gasteiger partial charge < -0.3 is 5.32 Å². The Bertz CT molecular complexity index is 1100. The first-order valence-corrected chi connectivity index (χ1v) is 10.0. The Balaban J connectivity index is 2.04. The van der Waals surface area contributed by atoms with Gasteiger partial charge >= 0.3 is 0 Å². The summed E-state index contributed by atoms with van der Waals surface area (Å²) in [6.45, 7) is 9.99. The molecule has 0 atom stereocenters. The van der Waals surface area contributed by atoms with Gasteiger partial charge in [-0.3, -0.25) is 9.59 Å². The molecule has 0 bridgehead atoms. The zero-order chi connectivity index (χ0) is 21.8. The topological polar surface area (TPSA) is 46.2 Å². The molecule has 3 rings (SSSR count). The smallest absolute Gasteiger partial charge is 0.209 e. The number of nitrogens with one attached hydrogen (secondary N) is 1. The quantitative estimate of drug-likeness (QED) is 0.393. The monoisotopic (exact) mass is 397 g/mol. The van der Waals surface area contributed by atoms with Crippen molar-refractivity contribution in [3.8, 4) is 0 Å². The molecule has 0 amide bonds. The average Bonchev–Trinajstić information content (AvgIpc) is 2.70. The van der Waals surface area contributed by atoms with E-state index >= 15 is 0 Å². The molecule has 3 nitrogen and oxygen atoms in total. The summed E-state index contributed by atoms with van der Waals surface area (Å²) in [5, 5.41) is 3.26. The van der Waals surface area contributed by atoms with Crippen LogP contribution in [-0.4, -0.2) is 11.6 Å². The van der Waals surface area contributed by atoms with Crippen molar-refractivity contribution in [1.29, 1.82) is 0 Å². The number of anilines is 1. The standard InChI is InChI=1S/C27H27NO2/c1-17-6-10-22(11-7-17)25(29)16-24(27(30)23-12-8-18(2)9-13-23)28-26-20(4)14-19(3)15-21(26)5/h6-16,28H,1-5H3/b24-16-. The van der Waals surface area contributed by atoms with Gasteiger partial charge in [-0.2, -0.15) is 0 Å². The van der Waals surface area contributed by atoms with Crippen LogP contribution in [0.2, 0.25) is 0 Å². The van der Waals surface area contributed by atoms with Crippen LogP contribution < -0.4 is 5.32 Å². The Morgan fingerprint density at radius 1 is 0.667 bits per heavy atom. The van der Waals surface area contributed by atoms with Crippen molar-refractivity contribution in [2.24, 2.45) is 0 Å². The number of hydrogen-bond donors (Lipinski definition) is 1. The summed E-state index contributed by atoms with van der Waals surface area (Å²) in [5.41, 5.74) is 7.56. The van der Waals surface area contributed by atoms with E-state index in [9.17, 15) is 9.59 Å². The predicted octanol–water partition coefficient (Wildman–Crippen LogP) is 6.29. The van der Waals surface area contributed by atoms with Crippen LogP contribution in [0.3, 0.4) is 0 Å². The van der Waals surface area contributed by atoms with Gasteiger partial charge in [-0.1, -0.05) is 77.4 Å². The molecule has 3 aromatic carbocycles. The van der Waals surface area contributed by atoms with Gasteiger partial charge in [0.2, 0.25) is 5.78 Å². The Morgan fingerprint density at radius 3 is 1.63 bits per heavy atom. The molecule has 0 unspecified atom stereocenters. The molecule has 0 aliphatic rings. The molecule has 3 aromatic rings. The lowest BCUT2D eigenvalue weighted by molar-refractivity contribution is 0.101. The molecule has 3 heteroatoms. The summed E-state index contributed by atoms with van der Waals surface area (Å²) < 4.78 is 0. The fourth-order valence-corrected chi connectivity index (χ4v) is 3.46. The normalized spacial score (nSPS) is 11.3. The van der Waals surface area contributed by atoms with Gasteiger partial charge in [0, 0.05) is 22.9 Å². The molecule has 152 valence electrons. The number of aryl methyl sites for hydroxylation is 5. The van der Waals surface area contributed by atoms with E-state index in [1.165, 1.54) is 6.08 Å². The van der Waals surface area contributed by atoms with Gasteiger partial charge in [0.1, 0.15) is 0 Å². The summed E-state index contributed by atoms with van der Waals surface area (Å²) in [6.07, 6.45) is 1.41. The fraction of sp³-hybridized carbons (Fsp3) is 0.185. The maximum atomic E-state index is 13.3. The number of rotatable bonds is 6. The van der Waals surface area contributed by atoms with Crippen LogP contribution >= 0.6 is 0 Å². The summed E-state index contributed by atoms with van der Waals surface area (Å²) in [7, 11) is 0. The molecule has 0 saturated carbocycles. The first-order valence-electron chi connectivity index (χ1n) is 10.0. The second-order valence-electron chi connectivity index (χ2n) is 7.88. The average molecular weight is 398 g/mol. The van der Waals surface area contributed by atoms with E-state index in [-0.39, 0.29) is 17.3 Å². The van der Waals surface area contributed by atoms with Crippen LogP contribution in [0.15, 0.2) is 72.4 Å². The minimum atomic E-state index is -0.213. The Hall–Kier alpha value is -3.46. The van der Waals surface area contributed by atoms with E-state index in [0.717, 1.165) is 33.5 Å². The maximum Gasteiger partial charge on any atom is 0.209 e. The van der Waals surface area contributed by atoms with E-state index < -0.39 is 0 Å². The summed E-state index contributed by atoms with van der Waals surface area (Å²) >= 11 is 0. The molecule has 0 aliphatic heterocycles. The molecule has 0 heterocycles. The van der Waals surface area contributed by atoms with Crippen molar-refractivity contribution in [2.75, 3.05) is 5.32 Å². The van der Waals surface area contributed by atoms with Crippen LogP contribution in [0.1, 0.15) is 48.5 Å². The van der Waals surface area contributed by atoms with Crippen molar-refractivity contribution in [3.05, 3.63) is 111 Å². The number of carbonyl (C=O) groups is 2. The Labute approximate surface area is 178 Å². The molecular weight excluding hydrogens is 370 g/mol. The van der Waals surface area contributed by atoms with E-state index in [4.69, 9.17) is 0 Å². The highest BCUT2D eigenvalue weighted by Gasteiger charge is 2.17. The molecule has 1 N–H and O–H groups in total. The number of allylic oxidation sites excluding steroid dienone is 2. The largest absolute Gasteiger partial charge is 0.352 e. The van der Waals surface area contributed by atoms with Gasteiger partial charge in [0.25, 0.3) is 0 Å². The fourth-order valence-electron chi connectivity index (χ4n) is 3.46. The molecule has 0 radical (unpaired) electrons. The van der Waals surface area contributed by atoms with Gasteiger partial charge in [0.15, 0.2) is 5.78 Å². The molecule has 30 heavy (non-hydrogen) atoms. The van der Waals surface area contributed by atoms with Crippen molar-refractivity contribution < 1.29 is 9.59 Å². The number of carbonyl (C=O) groups excluding carboxylic acids is 2. The molecule has 0 saturated heterocycles. The second-order valence-corrected chi connectivity index (χ2v) is 7.88. The van der Waals surface area contributed by atoms with Crippen molar-refractivity contribution >= 4 is 17.3 Å². The second kappa shape index (κ2) is 8.91. The van der Waals surface area contributed by atoms with Gasteiger partial charge in [-0.15, -0.1) is 0 Å². The van der Waals surface area contributed by atoms with E-state index in [0.29, 0.717) is 11.1 Å². The SMILES string of the molecule is Cc1ccc(C(=O)/C=C(\Nc2c(C)cc(C)cc2C)C(=O)c2ccc(C)cc2)cc1. The van der Waals surface area contributed by atoms with Crippen LogP contribution in [0.4, 0.5) is 5.69 Å². The van der Waals surface area contributed by atoms with Gasteiger partial charge in [-0.25, -0.2) is 0 Å². The maximum absolute atomic E-state index is 13.3. The minimum Gasteiger partial charge on any atom is -0.352 e. The molecule has 0 spiro atoms. The van der Waals surface area contributed by atoms with Crippen LogP contribution in [0.5, 0.6) is 0 Å². The van der Waals surface area contributed by atoms with Crippen LogP contribution in [-0.2, 0) is 0 Å².